The average Bonchev–Trinajstić information content (AvgIpc) is 3.64. The van der Waals surface area contributed by atoms with E-state index in [9.17, 15) is 5.11 Å². The largest absolute Gasteiger partial charge is 0.497 e. The Morgan fingerprint density at radius 3 is 2.50 bits per heavy atom. The summed E-state index contributed by atoms with van der Waals surface area (Å²) in [5, 5.41) is 15.7. The van der Waals surface area contributed by atoms with Crippen molar-refractivity contribution in [1.82, 2.24) is 14.7 Å². The molecule has 1 saturated carbocycles. The van der Waals surface area contributed by atoms with Crippen molar-refractivity contribution in [1.29, 1.82) is 0 Å². The summed E-state index contributed by atoms with van der Waals surface area (Å²) in [6.07, 6.45) is 2.80. The van der Waals surface area contributed by atoms with Gasteiger partial charge in [-0.2, -0.15) is 5.10 Å². The van der Waals surface area contributed by atoms with Crippen LogP contribution in [0.5, 0.6) is 17.4 Å². The van der Waals surface area contributed by atoms with Gasteiger partial charge in [-0.3, -0.25) is 4.90 Å². The molecule has 194 valence electrons. The van der Waals surface area contributed by atoms with Gasteiger partial charge in [0.2, 0.25) is 5.88 Å². The van der Waals surface area contributed by atoms with Crippen molar-refractivity contribution in [3.63, 3.8) is 0 Å². The van der Waals surface area contributed by atoms with E-state index in [1.807, 2.05) is 73.1 Å². The molecule has 0 aliphatic heterocycles. The lowest BCUT2D eigenvalue weighted by Gasteiger charge is -2.26. The highest BCUT2D eigenvalue weighted by Gasteiger charge is 2.28. The van der Waals surface area contributed by atoms with E-state index in [0.29, 0.717) is 37.2 Å². The molecule has 1 atom stereocenters. The lowest BCUT2D eigenvalue weighted by atomic mass is 10.1. The molecule has 1 fully saturated rings. The fourth-order valence-electron chi connectivity index (χ4n) is 4.29. The highest BCUT2D eigenvalue weighted by molar-refractivity contribution is 5.44. The van der Waals surface area contributed by atoms with E-state index in [0.717, 1.165) is 35.7 Å². The van der Waals surface area contributed by atoms with E-state index in [2.05, 4.69) is 11.8 Å². The van der Waals surface area contributed by atoms with Crippen LogP contribution in [0, 0.1) is 5.92 Å². The lowest BCUT2D eigenvalue weighted by molar-refractivity contribution is -0.0101. The van der Waals surface area contributed by atoms with Crippen molar-refractivity contribution >= 4 is 0 Å². The summed E-state index contributed by atoms with van der Waals surface area (Å²) in [5.74, 6) is 2.80. The third-order valence-electron chi connectivity index (χ3n) is 6.30. The van der Waals surface area contributed by atoms with E-state index >= 15 is 0 Å². The first kappa shape index (κ1) is 26.2. The third kappa shape index (κ3) is 7.09. The minimum absolute atomic E-state index is 0.0928. The number of rotatable bonds is 14. The van der Waals surface area contributed by atoms with Crippen molar-refractivity contribution < 1.29 is 19.3 Å². The van der Waals surface area contributed by atoms with Gasteiger partial charge < -0.3 is 19.3 Å². The highest BCUT2D eigenvalue weighted by Crippen LogP contribution is 2.35. The lowest BCUT2D eigenvalue weighted by Crippen LogP contribution is -2.36. The zero-order valence-electron chi connectivity index (χ0n) is 21.9. The van der Waals surface area contributed by atoms with E-state index in [1.165, 1.54) is 12.8 Å². The van der Waals surface area contributed by atoms with Gasteiger partial charge in [-0.1, -0.05) is 31.2 Å². The SMILES string of the molecule is CCc1nn(-c2ccccc2)c(Oc2cccc(OC)c2)c1CN(CC(O)COC(C)C)CC1CC1. The highest BCUT2D eigenvalue weighted by atomic mass is 16.5. The number of aromatic nitrogens is 2. The van der Waals surface area contributed by atoms with Gasteiger partial charge >= 0.3 is 0 Å². The van der Waals surface area contributed by atoms with Crippen molar-refractivity contribution in [3.05, 3.63) is 65.9 Å². The number of aliphatic hydroxyl groups excluding tert-OH is 1. The van der Waals surface area contributed by atoms with Gasteiger partial charge in [0, 0.05) is 25.7 Å². The number of hydrogen-bond acceptors (Lipinski definition) is 6. The Morgan fingerprint density at radius 1 is 1.08 bits per heavy atom. The smallest absolute Gasteiger partial charge is 0.227 e. The number of ether oxygens (including phenoxy) is 3. The predicted molar refractivity (Wildman–Crippen MR) is 141 cm³/mol. The monoisotopic (exact) mass is 493 g/mol. The van der Waals surface area contributed by atoms with Gasteiger partial charge in [-0.25, -0.2) is 4.68 Å². The zero-order chi connectivity index (χ0) is 25.5. The zero-order valence-corrected chi connectivity index (χ0v) is 21.9. The van der Waals surface area contributed by atoms with Crippen molar-refractivity contribution in [3.8, 4) is 23.1 Å². The molecular formula is C29H39N3O4. The number of hydrogen-bond donors (Lipinski definition) is 1. The van der Waals surface area contributed by atoms with Gasteiger partial charge in [-0.15, -0.1) is 0 Å². The van der Waals surface area contributed by atoms with Crippen molar-refractivity contribution in [2.24, 2.45) is 5.92 Å². The molecule has 0 spiro atoms. The van der Waals surface area contributed by atoms with Crippen LogP contribution < -0.4 is 9.47 Å². The Kier molecular flexibility index (Phi) is 9.02. The fourth-order valence-corrected chi connectivity index (χ4v) is 4.29. The molecule has 1 aliphatic carbocycles. The first-order chi connectivity index (χ1) is 17.5. The molecule has 0 saturated heterocycles. The summed E-state index contributed by atoms with van der Waals surface area (Å²) >= 11 is 0. The van der Waals surface area contributed by atoms with Crippen LogP contribution >= 0.6 is 0 Å². The van der Waals surface area contributed by atoms with E-state index in [1.54, 1.807) is 7.11 Å². The van der Waals surface area contributed by atoms with E-state index < -0.39 is 6.10 Å². The van der Waals surface area contributed by atoms with Crippen LogP contribution in [0.2, 0.25) is 0 Å². The Bertz CT molecular complexity index is 1100. The van der Waals surface area contributed by atoms with E-state index in [-0.39, 0.29) is 6.10 Å². The summed E-state index contributed by atoms with van der Waals surface area (Å²) in [6.45, 7) is 8.55. The van der Waals surface area contributed by atoms with Crippen LogP contribution in [0.4, 0.5) is 0 Å². The number of aryl methyl sites for hydroxylation is 1. The summed E-state index contributed by atoms with van der Waals surface area (Å²) in [5.41, 5.74) is 2.97. The summed E-state index contributed by atoms with van der Waals surface area (Å²) in [4.78, 5) is 2.33. The summed E-state index contributed by atoms with van der Waals surface area (Å²) in [7, 11) is 1.65. The number of nitrogens with zero attached hydrogens (tertiary/aromatic N) is 3. The van der Waals surface area contributed by atoms with Gasteiger partial charge in [0.05, 0.1) is 42.9 Å². The predicted octanol–water partition coefficient (Wildman–Crippen LogP) is 5.23. The molecule has 1 aliphatic rings. The van der Waals surface area contributed by atoms with Gasteiger partial charge in [-0.05, 0) is 63.3 Å². The topological polar surface area (TPSA) is 69.0 Å². The molecule has 1 N–H and O–H groups in total. The maximum Gasteiger partial charge on any atom is 0.227 e. The Labute approximate surface area is 214 Å². The van der Waals surface area contributed by atoms with Crippen LogP contribution in [0.25, 0.3) is 5.69 Å². The summed E-state index contributed by atoms with van der Waals surface area (Å²) < 4.78 is 19.5. The van der Waals surface area contributed by atoms with Gasteiger partial charge in [0.1, 0.15) is 11.5 Å². The second-order valence-corrected chi connectivity index (χ2v) is 9.79. The first-order valence-corrected chi connectivity index (χ1v) is 13.0. The molecular weight excluding hydrogens is 454 g/mol. The van der Waals surface area contributed by atoms with Crippen LogP contribution in [0.15, 0.2) is 54.6 Å². The second kappa shape index (κ2) is 12.4. The van der Waals surface area contributed by atoms with Crippen molar-refractivity contribution in [2.75, 3.05) is 26.8 Å². The fraction of sp³-hybridized carbons (Fsp3) is 0.483. The second-order valence-electron chi connectivity index (χ2n) is 9.79. The third-order valence-corrected chi connectivity index (χ3v) is 6.30. The molecule has 0 bridgehead atoms. The Hall–Kier alpha value is -2.87. The number of methoxy groups -OCH3 is 1. The molecule has 4 rings (SSSR count). The minimum Gasteiger partial charge on any atom is -0.497 e. The molecule has 7 heteroatoms. The van der Waals surface area contributed by atoms with Gasteiger partial charge in [0.15, 0.2) is 0 Å². The average molecular weight is 494 g/mol. The number of para-hydroxylation sites is 1. The molecule has 1 heterocycles. The van der Waals surface area contributed by atoms with Crippen LogP contribution in [0.3, 0.4) is 0 Å². The summed E-state index contributed by atoms with van der Waals surface area (Å²) in [6, 6.07) is 17.7. The minimum atomic E-state index is -0.553. The standard InChI is InChI=1S/C29H39N3O4/c1-5-28-27(19-31(17-22-14-15-22)18-24(33)20-35-21(2)3)29(32(30-28)23-10-7-6-8-11-23)36-26-13-9-12-25(16-26)34-4/h6-13,16,21-22,24,33H,5,14-15,17-20H2,1-4H3. The molecule has 2 aromatic carbocycles. The van der Waals surface area contributed by atoms with Crippen LogP contribution in [-0.2, 0) is 17.7 Å². The van der Waals surface area contributed by atoms with Gasteiger partial charge in [0.25, 0.3) is 0 Å². The molecule has 1 unspecified atom stereocenters. The Balaban J connectivity index is 1.68. The number of benzene rings is 2. The maximum atomic E-state index is 10.7. The molecule has 0 amide bonds. The Morgan fingerprint density at radius 2 is 1.83 bits per heavy atom. The molecule has 1 aromatic heterocycles. The number of aliphatic hydroxyl groups is 1. The van der Waals surface area contributed by atoms with Crippen molar-refractivity contribution in [2.45, 2.75) is 58.8 Å². The van der Waals surface area contributed by atoms with Crippen LogP contribution in [0.1, 0.15) is 44.9 Å². The van der Waals surface area contributed by atoms with Crippen LogP contribution in [-0.4, -0.2) is 58.8 Å². The first-order valence-electron chi connectivity index (χ1n) is 13.0. The van der Waals surface area contributed by atoms with E-state index in [4.69, 9.17) is 19.3 Å². The normalized spacial score (nSPS) is 14.4. The molecule has 0 radical (unpaired) electrons. The molecule has 3 aromatic rings. The molecule has 36 heavy (non-hydrogen) atoms. The molecule has 7 nitrogen and oxygen atoms in total. The maximum absolute atomic E-state index is 10.7. The quantitative estimate of drug-likeness (QED) is 0.332.